The van der Waals surface area contributed by atoms with E-state index in [0.29, 0.717) is 52.0 Å². The van der Waals surface area contributed by atoms with Crippen molar-refractivity contribution in [3.8, 4) is 0 Å². The van der Waals surface area contributed by atoms with Gasteiger partial charge in [0.2, 0.25) is 17.7 Å². The number of nitrogens with zero attached hydrogens (tertiary/aromatic N) is 3. The van der Waals surface area contributed by atoms with E-state index in [9.17, 15) is 14.4 Å². The molecule has 0 radical (unpaired) electrons. The molecular formula is C27H34N4O3. The van der Waals surface area contributed by atoms with Crippen LogP contribution in [0.1, 0.15) is 31.7 Å². The zero-order chi connectivity index (χ0) is 24.0. The van der Waals surface area contributed by atoms with Crippen molar-refractivity contribution in [3.63, 3.8) is 0 Å². The maximum Gasteiger partial charge on any atom is 0.230 e. The quantitative estimate of drug-likeness (QED) is 0.716. The Kier molecular flexibility index (Phi) is 7.50. The number of carbonyl (C=O) groups is 3. The van der Waals surface area contributed by atoms with E-state index >= 15 is 0 Å². The maximum atomic E-state index is 13.4. The number of amides is 3. The van der Waals surface area contributed by atoms with Crippen LogP contribution in [0, 0.1) is 0 Å². The van der Waals surface area contributed by atoms with Crippen LogP contribution in [0.25, 0.3) is 0 Å². The smallest absolute Gasteiger partial charge is 0.230 e. The van der Waals surface area contributed by atoms with E-state index in [1.165, 1.54) is 5.69 Å². The summed E-state index contributed by atoms with van der Waals surface area (Å²) in [7, 11) is 0. The van der Waals surface area contributed by atoms with Crippen LogP contribution in [0.15, 0.2) is 60.7 Å². The van der Waals surface area contributed by atoms with Gasteiger partial charge in [-0.2, -0.15) is 0 Å². The van der Waals surface area contributed by atoms with Gasteiger partial charge in [0.05, 0.1) is 5.41 Å². The molecule has 2 heterocycles. The lowest BCUT2D eigenvalue weighted by Gasteiger charge is -2.41. The first-order valence-corrected chi connectivity index (χ1v) is 12.2. The fourth-order valence-electron chi connectivity index (χ4n) is 5.07. The molecule has 2 saturated heterocycles. The molecule has 0 spiro atoms. The second-order valence-electron chi connectivity index (χ2n) is 9.16. The fraction of sp³-hybridized carbons (Fsp3) is 0.444. The number of anilines is 1. The monoisotopic (exact) mass is 462 g/mol. The van der Waals surface area contributed by atoms with E-state index in [0.717, 1.165) is 18.7 Å². The van der Waals surface area contributed by atoms with Gasteiger partial charge < -0.3 is 20.0 Å². The number of piperidine rings is 1. The molecular weight excluding hydrogens is 428 g/mol. The Morgan fingerprint density at radius 3 is 1.97 bits per heavy atom. The van der Waals surface area contributed by atoms with Gasteiger partial charge in [0.25, 0.3) is 0 Å². The summed E-state index contributed by atoms with van der Waals surface area (Å²) in [6, 6.07) is 20.1. The van der Waals surface area contributed by atoms with Gasteiger partial charge in [0.1, 0.15) is 0 Å². The summed E-state index contributed by atoms with van der Waals surface area (Å²) < 4.78 is 0. The third-order valence-corrected chi connectivity index (χ3v) is 7.20. The minimum atomic E-state index is -0.669. The molecule has 2 fully saturated rings. The van der Waals surface area contributed by atoms with Crippen molar-refractivity contribution < 1.29 is 14.4 Å². The van der Waals surface area contributed by atoms with Crippen LogP contribution in [0.5, 0.6) is 0 Å². The normalized spacial score (nSPS) is 17.9. The van der Waals surface area contributed by atoms with Crippen LogP contribution in [-0.4, -0.2) is 73.3 Å². The molecule has 7 nitrogen and oxygen atoms in total. The number of piperazine rings is 1. The molecule has 0 aliphatic carbocycles. The number of rotatable bonds is 6. The lowest BCUT2D eigenvalue weighted by molar-refractivity contribution is -0.136. The number of hydrogen-bond donors (Lipinski definition) is 1. The fourth-order valence-corrected chi connectivity index (χ4v) is 5.07. The summed E-state index contributed by atoms with van der Waals surface area (Å²) in [5, 5.41) is 3.04. The van der Waals surface area contributed by atoms with Gasteiger partial charge in [-0.3, -0.25) is 14.4 Å². The Balaban J connectivity index is 1.30. The lowest BCUT2D eigenvalue weighted by atomic mass is 9.72. The second kappa shape index (κ2) is 10.7. The summed E-state index contributed by atoms with van der Waals surface area (Å²) in [5.74, 6) is 0.0665. The van der Waals surface area contributed by atoms with Crippen LogP contribution >= 0.6 is 0 Å². The molecule has 2 aromatic rings. The van der Waals surface area contributed by atoms with Gasteiger partial charge in [-0.15, -0.1) is 0 Å². The van der Waals surface area contributed by atoms with Crippen LogP contribution in [0.3, 0.4) is 0 Å². The number of carbonyl (C=O) groups excluding carboxylic acids is 3. The Morgan fingerprint density at radius 2 is 1.38 bits per heavy atom. The van der Waals surface area contributed by atoms with Crippen molar-refractivity contribution in [3.05, 3.63) is 66.2 Å². The van der Waals surface area contributed by atoms with Crippen LogP contribution in [-0.2, 0) is 19.8 Å². The lowest BCUT2D eigenvalue weighted by Crippen LogP contribution is -2.53. The summed E-state index contributed by atoms with van der Waals surface area (Å²) in [6.07, 6.45) is 1.46. The van der Waals surface area contributed by atoms with Gasteiger partial charge in [0.15, 0.2) is 0 Å². The summed E-state index contributed by atoms with van der Waals surface area (Å²) in [4.78, 5) is 44.0. The van der Waals surface area contributed by atoms with Gasteiger partial charge >= 0.3 is 0 Å². The molecule has 34 heavy (non-hydrogen) atoms. The van der Waals surface area contributed by atoms with Gasteiger partial charge in [-0.25, -0.2) is 0 Å². The molecule has 1 N–H and O–H groups in total. The van der Waals surface area contributed by atoms with Crippen molar-refractivity contribution in [2.45, 2.75) is 31.6 Å². The van der Waals surface area contributed by atoms with Crippen molar-refractivity contribution >= 4 is 23.4 Å². The number of hydrogen-bond acceptors (Lipinski definition) is 4. The van der Waals surface area contributed by atoms with Crippen molar-refractivity contribution in [2.24, 2.45) is 0 Å². The van der Waals surface area contributed by atoms with E-state index in [-0.39, 0.29) is 17.7 Å². The summed E-state index contributed by atoms with van der Waals surface area (Å²) >= 11 is 0. The Bertz CT molecular complexity index is 979. The van der Waals surface area contributed by atoms with Crippen molar-refractivity contribution in [1.29, 1.82) is 0 Å². The van der Waals surface area contributed by atoms with Gasteiger partial charge in [0, 0.05) is 64.8 Å². The van der Waals surface area contributed by atoms with E-state index in [1.807, 2.05) is 53.4 Å². The molecule has 0 aromatic heterocycles. The van der Waals surface area contributed by atoms with Gasteiger partial charge in [-0.05, 0) is 30.5 Å². The van der Waals surface area contributed by atoms with Crippen LogP contribution in [0.4, 0.5) is 5.69 Å². The minimum Gasteiger partial charge on any atom is -0.368 e. The highest BCUT2D eigenvalue weighted by molar-refractivity contribution is 5.89. The molecule has 2 aromatic carbocycles. The number of para-hydroxylation sites is 1. The standard InChI is InChI=1S/C27H34N4O3/c1-22(32)29-16-13-27(14-17-29,23-8-4-2-5-9-23)26(34)28-15-12-25(33)31-20-18-30(19-21-31)24-10-6-3-7-11-24/h2-11H,12-21H2,1H3,(H,28,34). The highest BCUT2D eigenvalue weighted by Crippen LogP contribution is 2.36. The Labute approximate surface area is 201 Å². The number of benzene rings is 2. The zero-order valence-corrected chi connectivity index (χ0v) is 19.9. The molecule has 2 aliphatic heterocycles. The molecule has 4 rings (SSSR count). The first kappa shape index (κ1) is 23.8. The topological polar surface area (TPSA) is 73.0 Å². The Hall–Kier alpha value is -3.35. The molecule has 0 atom stereocenters. The van der Waals surface area contributed by atoms with E-state index in [2.05, 4.69) is 22.3 Å². The molecule has 0 bridgehead atoms. The first-order chi connectivity index (χ1) is 16.5. The van der Waals surface area contributed by atoms with Gasteiger partial charge in [-0.1, -0.05) is 48.5 Å². The average Bonchev–Trinajstić information content (AvgIpc) is 2.89. The second-order valence-corrected chi connectivity index (χ2v) is 9.16. The molecule has 0 unspecified atom stereocenters. The predicted molar refractivity (Wildman–Crippen MR) is 132 cm³/mol. The largest absolute Gasteiger partial charge is 0.368 e. The molecule has 2 aliphatic rings. The maximum absolute atomic E-state index is 13.4. The highest BCUT2D eigenvalue weighted by Gasteiger charge is 2.43. The van der Waals surface area contributed by atoms with Crippen molar-refractivity contribution in [2.75, 3.05) is 50.7 Å². The highest BCUT2D eigenvalue weighted by atomic mass is 16.2. The molecule has 3 amide bonds. The molecule has 0 saturated carbocycles. The van der Waals surface area contributed by atoms with Crippen LogP contribution in [0.2, 0.25) is 0 Å². The first-order valence-electron chi connectivity index (χ1n) is 12.2. The molecule has 180 valence electrons. The van der Waals surface area contributed by atoms with E-state index in [1.54, 1.807) is 11.8 Å². The van der Waals surface area contributed by atoms with E-state index < -0.39 is 5.41 Å². The number of nitrogens with one attached hydrogen (secondary N) is 1. The molecule has 7 heteroatoms. The van der Waals surface area contributed by atoms with E-state index in [4.69, 9.17) is 0 Å². The zero-order valence-electron chi connectivity index (χ0n) is 19.9. The average molecular weight is 463 g/mol. The predicted octanol–water partition coefficient (Wildman–Crippen LogP) is 2.42. The Morgan fingerprint density at radius 1 is 0.794 bits per heavy atom. The number of likely N-dealkylation sites (tertiary alicyclic amines) is 1. The third-order valence-electron chi connectivity index (χ3n) is 7.20. The minimum absolute atomic E-state index is 0.0417. The summed E-state index contributed by atoms with van der Waals surface area (Å²) in [6.45, 7) is 6.01. The summed E-state index contributed by atoms with van der Waals surface area (Å²) in [5.41, 5.74) is 1.49. The van der Waals surface area contributed by atoms with Crippen molar-refractivity contribution in [1.82, 2.24) is 15.1 Å². The SMILES string of the molecule is CC(=O)N1CCC(C(=O)NCCC(=O)N2CCN(c3ccccc3)CC2)(c2ccccc2)CC1. The third kappa shape index (κ3) is 5.24. The van der Waals surface area contributed by atoms with Crippen LogP contribution < -0.4 is 10.2 Å².